The van der Waals surface area contributed by atoms with E-state index in [1.807, 2.05) is 0 Å². The zero-order chi connectivity index (χ0) is 8.93. The standard InChI is InChI=1S/C12H22B/c1-3-7-11(8-4-1)13-12-9-5-2-6-10-12/h11-12H,1-10H2/q-1. The second kappa shape index (κ2) is 5.07. The Morgan fingerprint density at radius 2 is 0.923 bits per heavy atom. The van der Waals surface area contributed by atoms with E-state index >= 15 is 0 Å². The van der Waals surface area contributed by atoms with Crippen LogP contribution < -0.4 is 0 Å². The molecule has 0 spiro atoms. The van der Waals surface area contributed by atoms with Gasteiger partial charge in [-0.1, -0.05) is 64.2 Å². The van der Waals surface area contributed by atoms with Crippen molar-refractivity contribution in [1.29, 1.82) is 0 Å². The van der Waals surface area contributed by atoms with Gasteiger partial charge in [0.15, 0.2) is 0 Å². The van der Waals surface area contributed by atoms with Gasteiger partial charge in [-0.25, -0.2) is 11.6 Å². The predicted molar refractivity (Wildman–Crippen MR) is 59.4 cm³/mol. The van der Waals surface area contributed by atoms with Gasteiger partial charge in [0, 0.05) is 0 Å². The van der Waals surface area contributed by atoms with Crippen LogP contribution in [0.3, 0.4) is 0 Å². The van der Waals surface area contributed by atoms with Crippen molar-refractivity contribution in [2.24, 2.45) is 0 Å². The molecule has 0 bridgehead atoms. The van der Waals surface area contributed by atoms with Gasteiger partial charge in [-0.05, 0) is 0 Å². The quantitative estimate of drug-likeness (QED) is 0.554. The molecule has 0 N–H and O–H groups in total. The van der Waals surface area contributed by atoms with Crippen molar-refractivity contribution in [3.05, 3.63) is 0 Å². The molecule has 0 aromatic rings. The zero-order valence-corrected chi connectivity index (χ0v) is 8.80. The van der Waals surface area contributed by atoms with E-state index in [1.165, 1.54) is 64.2 Å². The summed E-state index contributed by atoms with van der Waals surface area (Å²) in [7, 11) is 2.72. The summed E-state index contributed by atoms with van der Waals surface area (Å²) in [5, 5.41) is 0. The first-order valence-electron chi connectivity index (χ1n) is 6.30. The van der Waals surface area contributed by atoms with Gasteiger partial charge >= 0.3 is 0 Å². The first-order valence-corrected chi connectivity index (χ1v) is 6.30. The highest BCUT2D eigenvalue weighted by Gasteiger charge is 2.09. The molecule has 0 aromatic carbocycles. The third-order valence-electron chi connectivity index (χ3n) is 3.84. The Morgan fingerprint density at radius 1 is 0.538 bits per heavy atom. The molecular weight excluding hydrogens is 155 g/mol. The van der Waals surface area contributed by atoms with Crippen molar-refractivity contribution < 1.29 is 0 Å². The van der Waals surface area contributed by atoms with Crippen LogP contribution in [0.25, 0.3) is 0 Å². The summed E-state index contributed by atoms with van der Waals surface area (Å²) in [6.45, 7) is 0. The molecule has 1 heteroatoms. The van der Waals surface area contributed by atoms with E-state index < -0.39 is 0 Å². The Hall–Kier alpha value is 0.0649. The molecule has 2 aliphatic rings. The molecule has 0 atom stereocenters. The Bertz CT molecular complexity index is 116. The van der Waals surface area contributed by atoms with Gasteiger partial charge in [-0.15, -0.1) is 0 Å². The third kappa shape index (κ3) is 3.04. The third-order valence-corrected chi connectivity index (χ3v) is 3.84. The molecule has 2 rings (SSSR count). The topological polar surface area (TPSA) is 0 Å². The van der Waals surface area contributed by atoms with Crippen LogP contribution in [0.1, 0.15) is 64.2 Å². The van der Waals surface area contributed by atoms with Gasteiger partial charge in [-0.2, -0.15) is 0 Å². The lowest BCUT2D eigenvalue weighted by Gasteiger charge is -2.40. The summed E-state index contributed by atoms with van der Waals surface area (Å²) in [6, 6.07) is 0. The van der Waals surface area contributed by atoms with Crippen LogP contribution >= 0.6 is 0 Å². The van der Waals surface area contributed by atoms with Crippen molar-refractivity contribution in [1.82, 2.24) is 0 Å². The molecule has 74 valence electrons. The smallest absolute Gasteiger partial charge is 0.0535 e. The van der Waals surface area contributed by atoms with Crippen molar-refractivity contribution in [3.8, 4) is 0 Å². The second-order valence-electron chi connectivity index (χ2n) is 4.99. The Balaban J connectivity index is 1.69. The molecule has 2 aliphatic carbocycles. The minimum Gasteiger partial charge on any atom is -0.328 e. The lowest BCUT2D eigenvalue weighted by atomic mass is 9.48. The number of hydrogen-bond acceptors (Lipinski definition) is 0. The average molecular weight is 177 g/mol. The summed E-state index contributed by atoms with van der Waals surface area (Å²) in [6.07, 6.45) is 15.0. The van der Waals surface area contributed by atoms with E-state index in [0.717, 1.165) is 11.6 Å². The summed E-state index contributed by atoms with van der Waals surface area (Å²) in [5.74, 6) is 1.99. The maximum atomic E-state index is 2.72. The maximum absolute atomic E-state index is 2.72. The summed E-state index contributed by atoms with van der Waals surface area (Å²) < 4.78 is 0. The van der Waals surface area contributed by atoms with Gasteiger partial charge < -0.3 is 7.28 Å². The SMILES string of the molecule is [B-](C1CCCCC1)C1CCCCC1. The number of hydrogen-bond donors (Lipinski definition) is 0. The molecule has 2 radical (unpaired) electrons. The monoisotopic (exact) mass is 177 g/mol. The second-order valence-corrected chi connectivity index (χ2v) is 4.99. The molecule has 2 fully saturated rings. The molecular formula is C12H22B-. The van der Waals surface area contributed by atoms with Crippen LogP contribution in [-0.2, 0) is 0 Å². The highest BCUT2D eigenvalue weighted by atomic mass is 14.2. The molecule has 2 saturated carbocycles. The lowest BCUT2D eigenvalue weighted by molar-refractivity contribution is 0.470. The highest BCUT2D eigenvalue weighted by molar-refractivity contribution is 6.39. The van der Waals surface area contributed by atoms with E-state index in [2.05, 4.69) is 7.28 Å². The van der Waals surface area contributed by atoms with E-state index in [-0.39, 0.29) is 0 Å². The van der Waals surface area contributed by atoms with Gasteiger partial charge in [0.05, 0.1) is 0 Å². The highest BCUT2D eigenvalue weighted by Crippen LogP contribution is 2.36. The van der Waals surface area contributed by atoms with Crippen LogP contribution in [0.15, 0.2) is 0 Å². The van der Waals surface area contributed by atoms with E-state index in [0.29, 0.717) is 0 Å². The molecule has 0 nitrogen and oxygen atoms in total. The van der Waals surface area contributed by atoms with Crippen molar-refractivity contribution in [2.75, 3.05) is 0 Å². The van der Waals surface area contributed by atoms with E-state index in [4.69, 9.17) is 0 Å². The van der Waals surface area contributed by atoms with Crippen molar-refractivity contribution in [3.63, 3.8) is 0 Å². The number of rotatable bonds is 2. The normalized spacial score (nSPS) is 27.7. The van der Waals surface area contributed by atoms with Crippen molar-refractivity contribution >= 4 is 7.28 Å². The minimum absolute atomic E-state index is 0.997. The van der Waals surface area contributed by atoms with Crippen LogP contribution in [-0.4, -0.2) is 7.28 Å². The van der Waals surface area contributed by atoms with Crippen LogP contribution in [0.2, 0.25) is 11.6 Å². The Kier molecular flexibility index (Phi) is 3.75. The lowest BCUT2D eigenvalue weighted by Crippen LogP contribution is -2.16. The minimum atomic E-state index is 0.997. The zero-order valence-electron chi connectivity index (χ0n) is 8.80. The van der Waals surface area contributed by atoms with Crippen LogP contribution in [0.5, 0.6) is 0 Å². The molecule has 0 amide bonds. The first kappa shape index (κ1) is 9.61. The Morgan fingerprint density at radius 3 is 1.31 bits per heavy atom. The van der Waals surface area contributed by atoms with Crippen LogP contribution in [0.4, 0.5) is 0 Å². The summed E-state index contributed by atoms with van der Waals surface area (Å²) in [4.78, 5) is 0. The van der Waals surface area contributed by atoms with E-state index in [9.17, 15) is 0 Å². The van der Waals surface area contributed by atoms with Crippen molar-refractivity contribution in [2.45, 2.75) is 75.8 Å². The van der Waals surface area contributed by atoms with Gasteiger partial charge in [-0.3, -0.25) is 0 Å². The summed E-state index contributed by atoms with van der Waals surface area (Å²) >= 11 is 0. The average Bonchev–Trinajstić information content (AvgIpc) is 2.21. The fraction of sp³-hybridized carbons (Fsp3) is 1.00. The molecule has 0 unspecified atom stereocenters. The summed E-state index contributed by atoms with van der Waals surface area (Å²) in [5.41, 5.74) is 0. The largest absolute Gasteiger partial charge is 0.328 e. The molecule has 0 heterocycles. The molecule has 13 heavy (non-hydrogen) atoms. The first-order chi connectivity index (χ1) is 6.45. The Labute approximate surface area is 83.7 Å². The fourth-order valence-electron chi connectivity index (χ4n) is 3.04. The molecule has 0 saturated heterocycles. The maximum Gasteiger partial charge on any atom is -0.0535 e. The predicted octanol–water partition coefficient (Wildman–Crippen LogP) is 4.20. The van der Waals surface area contributed by atoms with E-state index in [1.54, 1.807) is 0 Å². The van der Waals surface area contributed by atoms with Gasteiger partial charge in [0.2, 0.25) is 0 Å². The van der Waals surface area contributed by atoms with Crippen LogP contribution in [0, 0.1) is 0 Å². The van der Waals surface area contributed by atoms with Gasteiger partial charge in [0.1, 0.15) is 0 Å². The fourth-order valence-corrected chi connectivity index (χ4v) is 3.04. The van der Waals surface area contributed by atoms with Gasteiger partial charge in [0.25, 0.3) is 0 Å². The molecule has 0 aliphatic heterocycles. The molecule has 0 aromatic heterocycles.